The Morgan fingerprint density at radius 3 is 2.23 bits per heavy atom. The Balaban J connectivity index is 1.88. The number of anilines is 1. The van der Waals surface area contributed by atoms with Gasteiger partial charge in [-0.1, -0.05) is 43.3 Å². The summed E-state index contributed by atoms with van der Waals surface area (Å²) in [7, 11) is 0. The molecule has 4 nitrogen and oxygen atoms in total. The molecule has 2 aromatic carbocycles. The highest BCUT2D eigenvalue weighted by molar-refractivity contribution is 9.10. The molecule has 0 radical (unpaired) electrons. The molecule has 0 unspecified atom stereocenters. The normalized spacial score (nSPS) is 10.1. The van der Waals surface area contributed by atoms with E-state index in [1.165, 1.54) is 5.56 Å². The van der Waals surface area contributed by atoms with Crippen molar-refractivity contribution >= 4 is 33.4 Å². The van der Waals surface area contributed by atoms with Gasteiger partial charge in [-0.3, -0.25) is 9.59 Å². The number of amides is 2. The van der Waals surface area contributed by atoms with Gasteiger partial charge in [-0.2, -0.15) is 0 Å². The standard InChI is InChI=1S/C17H17BrN2O2/c1-2-12-7-9-13(10-8-12)11-19-16(21)17(22)20-15-6-4-3-5-14(15)18/h3-10H,2,11H2,1H3,(H,19,21)(H,20,22). The van der Waals surface area contributed by atoms with Gasteiger partial charge in [0.05, 0.1) is 5.69 Å². The van der Waals surface area contributed by atoms with Crippen molar-refractivity contribution in [1.82, 2.24) is 5.32 Å². The van der Waals surface area contributed by atoms with Crippen LogP contribution in [0.25, 0.3) is 0 Å². The third-order valence-corrected chi connectivity index (χ3v) is 3.90. The molecule has 0 bridgehead atoms. The van der Waals surface area contributed by atoms with Gasteiger partial charge >= 0.3 is 11.8 Å². The first-order chi connectivity index (χ1) is 10.6. The second kappa shape index (κ2) is 7.75. The Morgan fingerprint density at radius 2 is 1.59 bits per heavy atom. The van der Waals surface area contributed by atoms with Crippen molar-refractivity contribution in [2.24, 2.45) is 0 Å². The zero-order valence-corrected chi connectivity index (χ0v) is 13.8. The van der Waals surface area contributed by atoms with Crippen LogP contribution in [0.4, 0.5) is 5.69 Å². The summed E-state index contributed by atoms with van der Waals surface area (Å²) >= 11 is 3.32. The van der Waals surface area contributed by atoms with Crippen molar-refractivity contribution in [1.29, 1.82) is 0 Å². The van der Waals surface area contributed by atoms with E-state index in [9.17, 15) is 9.59 Å². The fourth-order valence-corrected chi connectivity index (χ4v) is 2.28. The number of carbonyl (C=O) groups excluding carboxylic acids is 2. The number of nitrogens with one attached hydrogen (secondary N) is 2. The molecule has 0 heterocycles. The van der Waals surface area contributed by atoms with Crippen LogP contribution >= 0.6 is 15.9 Å². The highest BCUT2D eigenvalue weighted by Crippen LogP contribution is 2.20. The van der Waals surface area contributed by atoms with Crippen molar-refractivity contribution in [2.45, 2.75) is 19.9 Å². The van der Waals surface area contributed by atoms with E-state index in [1.54, 1.807) is 18.2 Å². The van der Waals surface area contributed by atoms with Gasteiger partial charge in [-0.05, 0) is 45.6 Å². The summed E-state index contributed by atoms with van der Waals surface area (Å²) in [6.45, 7) is 2.41. The number of benzene rings is 2. The minimum absolute atomic E-state index is 0.326. The van der Waals surface area contributed by atoms with Gasteiger partial charge in [0.25, 0.3) is 0 Å². The number of hydrogen-bond acceptors (Lipinski definition) is 2. The molecular weight excluding hydrogens is 344 g/mol. The summed E-state index contributed by atoms with van der Waals surface area (Å²) in [4.78, 5) is 23.7. The summed E-state index contributed by atoms with van der Waals surface area (Å²) in [6.07, 6.45) is 0.973. The van der Waals surface area contributed by atoms with Crippen LogP contribution < -0.4 is 10.6 Å². The predicted octanol–water partition coefficient (Wildman–Crippen LogP) is 3.27. The minimum atomic E-state index is -0.683. The molecule has 2 N–H and O–H groups in total. The van der Waals surface area contributed by atoms with Crippen LogP contribution in [0, 0.1) is 0 Å². The molecule has 0 aliphatic heterocycles. The third-order valence-electron chi connectivity index (χ3n) is 3.21. The summed E-state index contributed by atoms with van der Waals surface area (Å²) in [6, 6.07) is 15.1. The molecule has 0 spiro atoms. The lowest BCUT2D eigenvalue weighted by Gasteiger charge is -2.08. The van der Waals surface area contributed by atoms with Crippen molar-refractivity contribution in [2.75, 3.05) is 5.32 Å². The molecule has 2 amide bonds. The lowest BCUT2D eigenvalue weighted by molar-refractivity contribution is -0.136. The topological polar surface area (TPSA) is 58.2 Å². The van der Waals surface area contributed by atoms with Gasteiger partial charge in [0.1, 0.15) is 0 Å². The van der Waals surface area contributed by atoms with Gasteiger partial charge in [0, 0.05) is 11.0 Å². The van der Waals surface area contributed by atoms with Crippen LogP contribution in [0.5, 0.6) is 0 Å². The highest BCUT2D eigenvalue weighted by Gasteiger charge is 2.14. The number of hydrogen-bond donors (Lipinski definition) is 2. The minimum Gasteiger partial charge on any atom is -0.344 e. The van der Waals surface area contributed by atoms with E-state index >= 15 is 0 Å². The summed E-state index contributed by atoms with van der Waals surface area (Å²) in [5, 5.41) is 5.18. The van der Waals surface area contributed by atoms with Crippen LogP contribution in [0.15, 0.2) is 53.0 Å². The molecule has 0 saturated carbocycles. The fourth-order valence-electron chi connectivity index (χ4n) is 1.90. The largest absolute Gasteiger partial charge is 0.344 e. The SMILES string of the molecule is CCc1ccc(CNC(=O)C(=O)Nc2ccccc2Br)cc1. The average molecular weight is 361 g/mol. The van der Waals surface area contributed by atoms with Crippen LogP contribution in [0.3, 0.4) is 0 Å². The number of para-hydroxylation sites is 1. The Kier molecular flexibility index (Phi) is 5.72. The molecule has 22 heavy (non-hydrogen) atoms. The predicted molar refractivity (Wildman–Crippen MR) is 90.4 cm³/mol. The number of rotatable bonds is 4. The fraction of sp³-hybridized carbons (Fsp3) is 0.176. The molecule has 2 rings (SSSR count). The molecular formula is C17H17BrN2O2. The Hall–Kier alpha value is -2.14. The van der Waals surface area contributed by atoms with Crippen molar-refractivity contribution in [3.8, 4) is 0 Å². The van der Waals surface area contributed by atoms with E-state index in [0.29, 0.717) is 12.2 Å². The van der Waals surface area contributed by atoms with Crippen LogP contribution in [-0.2, 0) is 22.6 Å². The Bertz CT molecular complexity index is 669. The molecule has 0 aliphatic carbocycles. The lowest BCUT2D eigenvalue weighted by Crippen LogP contribution is -2.35. The smallest absolute Gasteiger partial charge is 0.313 e. The monoisotopic (exact) mass is 360 g/mol. The van der Waals surface area contributed by atoms with Crippen LogP contribution in [0.2, 0.25) is 0 Å². The van der Waals surface area contributed by atoms with Crippen molar-refractivity contribution < 1.29 is 9.59 Å². The molecule has 114 valence electrons. The molecule has 0 saturated heterocycles. The van der Waals surface area contributed by atoms with E-state index < -0.39 is 11.8 Å². The van der Waals surface area contributed by atoms with Gasteiger partial charge in [0.2, 0.25) is 0 Å². The molecule has 0 atom stereocenters. The first-order valence-electron chi connectivity index (χ1n) is 7.01. The Labute approximate surface area is 138 Å². The number of halogens is 1. The Morgan fingerprint density at radius 1 is 0.955 bits per heavy atom. The maximum atomic E-state index is 11.8. The van der Waals surface area contributed by atoms with Crippen LogP contribution in [-0.4, -0.2) is 11.8 Å². The maximum Gasteiger partial charge on any atom is 0.313 e. The second-order valence-corrected chi connectivity index (χ2v) is 5.64. The van der Waals surface area contributed by atoms with E-state index in [0.717, 1.165) is 16.5 Å². The van der Waals surface area contributed by atoms with Gasteiger partial charge < -0.3 is 10.6 Å². The van der Waals surface area contributed by atoms with E-state index in [-0.39, 0.29) is 0 Å². The third kappa shape index (κ3) is 4.43. The number of aryl methyl sites for hydroxylation is 1. The van der Waals surface area contributed by atoms with Gasteiger partial charge in [-0.25, -0.2) is 0 Å². The molecule has 0 aliphatic rings. The maximum absolute atomic E-state index is 11.8. The van der Waals surface area contributed by atoms with Crippen LogP contribution in [0.1, 0.15) is 18.1 Å². The van der Waals surface area contributed by atoms with Gasteiger partial charge in [-0.15, -0.1) is 0 Å². The first-order valence-corrected chi connectivity index (χ1v) is 7.81. The summed E-state index contributed by atoms with van der Waals surface area (Å²) in [5.41, 5.74) is 2.76. The second-order valence-electron chi connectivity index (χ2n) is 4.79. The highest BCUT2D eigenvalue weighted by atomic mass is 79.9. The average Bonchev–Trinajstić information content (AvgIpc) is 2.55. The van der Waals surface area contributed by atoms with E-state index in [4.69, 9.17) is 0 Å². The van der Waals surface area contributed by atoms with Crippen molar-refractivity contribution in [3.63, 3.8) is 0 Å². The molecule has 0 fully saturated rings. The quantitative estimate of drug-likeness (QED) is 0.822. The molecule has 5 heteroatoms. The zero-order chi connectivity index (χ0) is 15.9. The number of carbonyl (C=O) groups is 2. The van der Waals surface area contributed by atoms with Gasteiger partial charge in [0.15, 0.2) is 0 Å². The zero-order valence-electron chi connectivity index (χ0n) is 12.2. The van der Waals surface area contributed by atoms with E-state index in [2.05, 4.69) is 33.5 Å². The summed E-state index contributed by atoms with van der Waals surface area (Å²) < 4.78 is 0.728. The lowest BCUT2D eigenvalue weighted by atomic mass is 10.1. The van der Waals surface area contributed by atoms with E-state index in [1.807, 2.05) is 30.3 Å². The first kappa shape index (κ1) is 16.2. The summed E-state index contributed by atoms with van der Waals surface area (Å²) in [5.74, 6) is -1.34. The van der Waals surface area contributed by atoms with Crippen molar-refractivity contribution in [3.05, 3.63) is 64.1 Å². The molecule has 0 aromatic heterocycles. The molecule has 2 aromatic rings.